The topological polar surface area (TPSA) is 52.7 Å². The Morgan fingerprint density at radius 3 is 2.00 bits per heavy atom. The summed E-state index contributed by atoms with van der Waals surface area (Å²) >= 11 is 15.9. The Labute approximate surface area is 222 Å². The van der Waals surface area contributed by atoms with Crippen molar-refractivity contribution in [2.75, 3.05) is 39.3 Å². The molecule has 1 saturated heterocycles. The number of nitrogens with one attached hydrogen (secondary N) is 1. The van der Waals surface area contributed by atoms with Gasteiger partial charge in [0.05, 0.1) is 10.0 Å². The minimum atomic E-state index is -0.141. The zero-order chi connectivity index (χ0) is 24.7. The highest BCUT2D eigenvalue weighted by atomic mass is 35.5. The summed E-state index contributed by atoms with van der Waals surface area (Å²) in [5, 5.41) is 5.93. The molecule has 3 heterocycles. The number of hydrogen-bond donors (Lipinski definition) is 1. The predicted octanol–water partition coefficient (Wildman–Crippen LogP) is 6.23. The van der Waals surface area contributed by atoms with E-state index in [9.17, 15) is 9.59 Å². The Hall–Kier alpha value is -2.16. The molecule has 2 aromatic carbocycles. The molecule has 0 unspecified atom stereocenters. The first-order valence-electron chi connectivity index (χ1n) is 11.5. The van der Waals surface area contributed by atoms with E-state index >= 15 is 0 Å². The van der Waals surface area contributed by atoms with Crippen LogP contribution in [0.4, 0.5) is 0 Å². The van der Waals surface area contributed by atoms with Crippen molar-refractivity contribution >= 4 is 77.9 Å². The molecule has 1 fully saturated rings. The van der Waals surface area contributed by atoms with E-state index in [1.165, 1.54) is 22.7 Å². The molecule has 35 heavy (non-hydrogen) atoms. The van der Waals surface area contributed by atoms with Gasteiger partial charge in [0.1, 0.15) is 9.75 Å². The normalized spacial score (nSPS) is 14.7. The van der Waals surface area contributed by atoms with Gasteiger partial charge in [-0.15, -0.1) is 22.7 Å². The van der Waals surface area contributed by atoms with Crippen LogP contribution in [0.1, 0.15) is 30.5 Å². The minimum Gasteiger partial charge on any atom is -0.350 e. The molecular weight excluding hydrogens is 521 g/mol. The Balaban J connectivity index is 1.14. The molecule has 0 radical (unpaired) electrons. The summed E-state index contributed by atoms with van der Waals surface area (Å²) in [5.41, 5.74) is 2.30. The van der Waals surface area contributed by atoms with Gasteiger partial charge in [-0.05, 0) is 37.1 Å². The first-order valence-corrected chi connectivity index (χ1v) is 13.9. The zero-order valence-electron chi connectivity index (χ0n) is 19.5. The average molecular weight is 547 g/mol. The summed E-state index contributed by atoms with van der Waals surface area (Å²) in [7, 11) is 0. The molecular formula is C26H25Cl2N3O2S2. The molecule has 182 valence electrons. The lowest BCUT2D eigenvalue weighted by Crippen LogP contribution is -2.50. The van der Waals surface area contributed by atoms with Crippen LogP contribution >= 0.6 is 45.9 Å². The number of halogens is 2. The second kappa shape index (κ2) is 10.1. The number of hydrogen-bond acceptors (Lipinski definition) is 5. The predicted molar refractivity (Wildman–Crippen MR) is 148 cm³/mol. The monoisotopic (exact) mass is 545 g/mol. The molecule has 0 saturated carbocycles. The third-order valence-electron chi connectivity index (χ3n) is 6.34. The Morgan fingerprint density at radius 1 is 0.857 bits per heavy atom. The van der Waals surface area contributed by atoms with Gasteiger partial charge >= 0.3 is 0 Å². The summed E-state index contributed by atoms with van der Waals surface area (Å²) in [4.78, 5) is 31.2. The van der Waals surface area contributed by atoms with Crippen molar-refractivity contribution in [3.05, 3.63) is 67.3 Å². The van der Waals surface area contributed by atoms with E-state index in [4.69, 9.17) is 23.2 Å². The van der Waals surface area contributed by atoms with Crippen LogP contribution in [-0.4, -0.2) is 60.9 Å². The fraction of sp³-hybridized carbons (Fsp3) is 0.308. The SMILES string of the molecule is Cc1ccc2c(Cl)c(C(=O)NCCN3CCN(C(=O)c4sc5cc(C)ccc5c4Cl)CC3)sc2c1. The van der Waals surface area contributed by atoms with Gasteiger partial charge in [-0.1, -0.05) is 47.5 Å². The number of piperazine rings is 1. The second-order valence-electron chi connectivity index (χ2n) is 8.88. The number of fused-ring (bicyclic) bond motifs is 2. The van der Waals surface area contributed by atoms with Gasteiger partial charge < -0.3 is 10.2 Å². The van der Waals surface area contributed by atoms with Gasteiger partial charge in [0, 0.05) is 59.4 Å². The van der Waals surface area contributed by atoms with Gasteiger partial charge in [0.25, 0.3) is 11.8 Å². The molecule has 2 aromatic heterocycles. The van der Waals surface area contributed by atoms with Gasteiger partial charge in [-0.25, -0.2) is 0 Å². The summed E-state index contributed by atoms with van der Waals surface area (Å²) < 4.78 is 2.07. The lowest BCUT2D eigenvalue weighted by Gasteiger charge is -2.34. The Morgan fingerprint density at radius 2 is 1.40 bits per heavy atom. The summed E-state index contributed by atoms with van der Waals surface area (Å²) in [6.07, 6.45) is 0. The maximum Gasteiger partial charge on any atom is 0.265 e. The molecule has 9 heteroatoms. The van der Waals surface area contributed by atoms with Crippen molar-refractivity contribution < 1.29 is 9.59 Å². The average Bonchev–Trinajstić information content (AvgIpc) is 3.34. The number of nitrogens with zero attached hydrogens (tertiary/aromatic N) is 2. The summed E-state index contributed by atoms with van der Waals surface area (Å²) in [5.74, 6) is -0.145. The zero-order valence-corrected chi connectivity index (χ0v) is 22.6. The number of thiophene rings is 2. The van der Waals surface area contributed by atoms with Crippen LogP contribution in [0, 0.1) is 13.8 Å². The van der Waals surface area contributed by atoms with E-state index in [-0.39, 0.29) is 11.8 Å². The van der Waals surface area contributed by atoms with Crippen molar-refractivity contribution in [3.8, 4) is 0 Å². The van der Waals surface area contributed by atoms with Crippen LogP contribution in [0.2, 0.25) is 10.0 Å². The summed E-state index contributed by atoms with van der Waals surface area (Å²) in [6, 6.07) is 12.1. The lowest BCUT2D eigenvalue weighted by atomic mass is 10.2. The van der Waals surface area contributed by atoms with E-state index in [1.54, 1.807) is 0 Å². The third-order valence-corrected chi connectivity index (χ3v) is 9.64. The Kier molecular flexibility index (Phi) is 7.06. The number of carbonyl (C=O) groups is 2. The van der Waals surface area contributed by atoms with Gasteiger partial charge in [0.15, 0.2) is 0 Å². The molecule has 5 nitrogen and oxygen atoms in total. The van der Waals surface area contributed by atoms with E-state index in [0.717, 1.165) is 50.9 Å². The van der Waals surface area contributed by atoms with Crippen molar-refractivity contribution in [1.29, 1.82) is 0 Å². The van der Waals surface area contributed by atoms with Crippen LogP contribution in [0.5, 0.6) is 0 Å². The van der Waals surface area contributed by atoms with Crippen molar-refractivity contribution in [3.63, 3.8) is 0 Å². The van der Waals surface area contributed by atoms with Crippen molar-refractivity contribution in [1.82, 2.24) is 15.1 Å². The van der Waals surface area contributed by atoms with Crippen LogP contribution in [-0.2, 0) is 0 Å². The molecule has 4 aromatic rings. The first-order chi connectivity index (χ1) is 16.8. The quantitative estimate of drug-likeness (QED) is 0.323. The lowest BCUT2D eigenvalue weighted by molar-refractivity contribution is 0.0643. The van der Waals surface area contributed by atoms with Gasteiger partial charge in [-0.3, -0.25) is 14.5 Å². The van der Waals surface area contributed by atoms with Crippen molar-refractivity contribution in [2.45, 2.75) is 13.8 Å². The molecule has 0 aliphatic carbocycles. The molecule has 5 rings (SSSR count). The number of aryl methyl sites for hydroxylation is 2. The number of carbonyl (C=O) groups excluding carboxylic acids is 2. The van der Waals surface area contributed by atoms with Crippen LogP contribution in [0.25, 0.3) is 20.2 Å². The first kappa shape index (κ1) is 24.5. The Bertz CT molecular complexity index is 1430. The smallest absolute Gasteiger partial charge is 0.265 e. The maximum absolute atomic E-state index is 13.1. The van der Waals surface area contributed by atoms with Gasteiger partial charge in [-0.2, -0.15) is 0 Å². The molecule has 1 aliphatic heterocycles. The third kappa shape index (κ3) is 4.93. The van der Waals surface area contributed by atoms with Crippen LogP contribution < -0.4 is 5.32 Å². The largest absolute Gasteiger partial charge is 0.350 e. The van der Waals surface area contributed by atoms with Crippen LogP contribution in [0.3, 0.4) is 0 Å². The maximum atomic E-state index is 13.1. The molecule has 0 atom stereocenters. The molecule has 0 bridgehead atoms. The fourth-order valence-electron chi connectivity index (χ4n) is 4.35. The highest BCUT2D eigenvalue weighted by molar-refractivity contribution is 7.22. The van der Waals surface area contributed by atoms with E-state index in [0.29, 0.717) is 39.4 Å². The number of rotatable bonds is 5. The molecule has 1 aliphatic rings. The van der Waals surface area contributed by atoms with Crippen molar-refractivity contribution in [2.24, 2.45) is 0 Å². The minimum absolute atomic E-state index is 0.00329. The van der Waals surface area contributed by atoms with Crippen LogP contribution in [0.15, 0.2) is 36.4 Å². The van der Waals surface area contributed by atoms with E-state index in [1.807, 2.05) is 43.0 Å². The number of amides is 2. The fourth-order valence-corrected chi connectivity index (χ4v) is 7.46. The molecule has 2 amide bonds. The number of benzene rings is 2. The standard InChI is InChI=1S/C26H25Cl2N3O2S2/c1-15-3-5-17-19(13-15)34-23(21(17)27)25(32)29-7-8-30-9-11-31(12-10-30)26(33)24-22(28)18-6-4-16(2)14-20(18)35-24/h3-6,13-14H,7-12H2,1-2H3,(H,29,32). The highest BCUT2D eigenvalue weighted by Crippen LogP contribution is 2.37. The van der Waals surface area contributed by atoms with E-state index < -0.39 is 0 Å². The van der Waals surface area contributed by atoms with E-state index in [2.05, 4.69) is 22.3 Å². The highest BCUT2D eigenvalue weighted by Gasteiger charge is 2.26. The molecule has 0 spiro atoms. The second-order valence-corrected chi connectivity index (χ2v) is 11.7. The van der Waals surface area contributed by atoms with Gasteiger partial charge in [0.2, 0.25) is 0 Å². The molecule has 1 N–H and O–H groups in total. The summed E-state index contributed by atoms with van der Waals surface area (Å²) in [6.45, 7) is 8.09.